The maximum atomic E-state index is 11.9. The molecule has 1 saturated carbocycles. The highest BCUT2D eigenvalue weighted by atomic mass is 16.4. The molecule has 2 rings (SSSR count). The average molecular weight is 240 g/mol. The fraction of sp³-hybridized carbons (Fsp3) is 0.833. The van der Waals surface area contributed by atoms with Gasteiger partial charge in [-0.05, 0) is 38.5 Å². The van der Waals surface area contributed by atoms with E-state index >= 15 is 0 Å². The first-order valence-electron chi connectivity index (χ1n) is 6.45. The molecule has 2 aliphatic rings. The first-order valence-corrected chi connectivity index (χ1v) is 6.45. The maximum absolute atomic E-state index is 11.9. The van der Waals surface area contributed by atoms with Gasteiger partial charge in [0.05, 0.1) is 5.92 Å². The summed E-state index contributed by atoms with van der Waals surface area (Å²) >= 11 is 0. The van der Waals surface area contributed by atoms with Crippen LogP contribution in [0.5, 0.6) is 0 Å². The summed E-state index contributed by atoms with van der Waals surface area (Å²) in [5.41, 5.74) is 0. The summed E-state index contributed by atoms with van der Waals surface area (Å²) in [6.45, 7) is 1.67. The predicted octanol–water partition coefficient (Wildman–Crippen LogP) is 1.44. The Hall–Kier alpha value is -1.26. The number of piperidine rings is 1. The Labute approximate surface area is 101 Å². The van der Waals surface area contributed by atoms with Gasteiger partial charge >= 0.3 is 12.0 Å². The lowest BCUT2D eigenvalue weighted by atomic mass is 10.1. The van der Waals surface area contributed by atoms with Crippen LogP contribution in [0.25, 0.3) is 0 Å². The largest absolute Gasteiger partial charge is 0.481 e. The van der Waals surface area contributed by atoms with E-state index in [9.17, 15) is 9.59 Å². The van der Waals surface area contributed by atoms with Crippen molar-refractivity contribution in [2.24, 2.45) is 5.92 Å². The Morgan fingerprint density at radius 3 is 2.41 bits per heavy atom. The predicted molar refractivity (Wildman–Crippen MR) is 62.7 cm³/mol. The number of carbonyl (C=O) groups is 2. The molecule has 2 N–H and O–H groups in total. The van der Waals surface area contributed by atoms with Gasteiger partial charge in [-0.3, -0.25) is 4.79 Å². The van der Waals surface area contributed by atoms with Gasteiger partial charge in [0.15, 0.2) is 0 Å². The smallest absolute Gasteiger partial charge is 0.317 e. The second-order valence-corrected chi connectivity index (χ2v) is 5.04. The first kappa shape index (κ1) is 12.2. The fourth-order valence-corrected chi connectivity index (χ4v) is 2.70. The number of amides is 2. The molecule has 2 atom stereocenters. The van der Waals surface area contributed by atoms with E-state index in [0.29, 0.717) is 12.8 Å². The van der Waals surface area contributed by atoms with Crippen molar-refractivity contribution in [1.29, 1.82) is 0 Å². The minimum Gasteiger partial charge on any atom is -0.481 e. The molecule has 1 heterocycles. The van der Waals surface area contributed by atoms with Crippen molar-refractivity contribution in [2.45, 2.75) is 44.6 Å². The summed E-state index contributed by atoms with van der Waals surface area (Å²) in [6.07, 6.45) is 5.41. The van der Waals surface area contributed by atoms with E-state index < -0.39 is 5.97 Å². The van der Waals surface area contributed by atoms with Crippen LogP contribution in [-0.2, 0) is 4.79 Å². The number of aliphatic carboxylic acids is 1. The van der Waals surface area contributed by atoms with Crippen LogP contribution in [0.15, 0.2) is 0 Å². The Balaban J connectivity index is 1.77. The van der Waals surface area contributed by atoms with E-state index in [1.807, 2.05) is 4.90 Å². The molecule has 2 unspecified atom stereocenters. The molecular weight excluding hydrogens is 220 g/mol. The van der Waals surface area contributed by atoms with Crippen LogP contribution in [0, 0.1) is 5.92 Å². The van der Waals surface area contributed by atoms with Crippen LogP contribution < -0.4 is 5.32 Å². The number of urea groups is 1. The molecule has 0 aromatic heterocycles. The molecule has 1 aliphatic carbocycles. The quantitative estimate of drug-likeness (QED) is 0.767. The number of carboxylic acids is 1. The highest BCUT2D eigenvalue weighted by molar-refractivity contribution is 5.75. The molecule has 0 radical (unpaired) electrons. The minimum atomic E-state index is -0.736. The van der Waals surface area contributed by atoms with Gasteiger partial charge in [0, 0.05) is 19.1 Å². The Kier molecular flexibility index (Phi) is 3.86. The molecule has 5 nitrogen and oxygen atoms in total. The summed E-state index contributed by atoms with van der Waals surface area (Å²) in [6, 6.07) is 0.0336. The van der Waals surface area contributed by atoms with E-state index in [-0.39, 0.29) is 18.0 Å². The molecule has 0 aromatic carbocycles. The lowest BCUT2D eigenvalue weighted by Crippen LogP contribution is -2.46. The first-order chi connectivity index (χ1) is 8.16. The molecule has 17 heavy (non-hydrogen) atoms. The van der Waals surface area contributed by atoms with E-state index in [1.165, 1.54) is 6.42 Å². The van der Waals surface area contributed by atoms with E-state index in [2.05, 4.69) is 5.32 Å². The van der Waals surface area contributed by atoms with E-state index in [1.54, 1.807) is 0 Å². The molecule has 0 aromatic rings. The van der Waals surface area contributed by atoms with Crippen LogP contribution in [0.3, 0.4) is 0 Å². The molecule has 5 heteroatoms. The Morgan fingerprint density at radius 2 is 1.82 bits per heavy atom. The maximum Gasteiger partial charge on any atom is 0.317 e. The summed E-state index contributed by atoms with van der Waals surface area (Å²) in [5.74, 6) is -1.01. The second kappa shape index (κ2) is 5.38. The number of nitrogens with one attached hydrogen (secondary N) is 1. The molecular formula is C12H20N2O3. The topological polar surface area (TPSA) is 69.6 Å². The van der Waals surface area contributed by atoms with Gasteiger partial charge in [-0.1, -0.05) is 0 Å². The van der Waals surface area contributed by atoms with Crippen molar-refractivity contribution in [2.75, 3.05) is 13.1 Å². The number of rotatable bonds is 2. The Bertz CT molecular complexity index is 300. The molecule has 1 aliphatic heterocycles. The third-order valence-electron chi connectivity index (χ3n) is 3.75. The van der Waals surface area contributed by atoms with Gasteiger partial charge in [0.1, 0.15) is 0 Å². The number of hydrogen-bond donors (Lipinski definition) is 2. The normalized spacial score (nSPS) is 29.1. The number of carbonyl (C=O) groups excluding carboxylic acids is 1. The molecule has 96 valence electrons. The van der Waals surface area contributed by atoms with Crippen molar-refractivity contribution < 1.29 is 14.7 Å². The van der Waals surface area contributed by atoms with Crippen LogP contribution in [0.4, 0.5) is 4.79 Å². The highest BCUT2D eigenvalue weighted by Gasteiger charge is 2.31. The summed E-state index contributed by atoms with van der Waals surface area (Å²) in [7, 11) is 0. The molecule has 2 fully saturated rings. The molecule has 0 spiro atoms. The van der Waals surface area contributed by atoms with Gasteiger partial charge < -0.3 is 15.3 Å². The summed E-state index contributed by atoms with van der Waals surface area (Å²) in [5, 5.41) is 11.8. The minimum absolute atomic E-state index is 0.0132. The average Bonchev–Trinajstić information content (AvgIpc) is 2.79. The second-order valence-electron chi connectivity index (χ2n) is 5.04. The van der Waals surface area contributed by atoms with Crippen molar-refractivity contribution in [3.8, 4) is 0 Å². The number of hydrogen-bond acceptors (Lipinski definition) is 2. The van der Waals surface area contributed by atoms with Crippen LogP contribution in [-0.4, -0.2) is 41.1 Å². The van der Waals surface area contributed by atoms with Gasteiger partial charge in [-0.25, -0.2) is 4.79 Å². The van der Waals surface area contributed by atoms with E-state index in [4.69, 9.17) is 5.11 Å². The lowest BCUT2D eigenvalue weighted by Gasteiger charge is -2.28. The molecule has 1 saturated heterocycles. The zero-order chi connectivity index (χ0) is 12.3. The number of likely N-dealkylation sites (tertiary alicyclic amines) is 1. The monoisotopic (exact) mass is 240 g/mol. The zero-order valence-corrected chi connectivity index (χ0v) is 10.0. The van der Waals surface area contributed by atoms with Crippen molar-refractivity contribution in [1.82, 2.24) is 10.2 Å². The van der Waals surface area contributed by atoms with Gasteiger partial charge in [-0.15, -0.1) is 0 Å². The van der Waals surface area contributed by atoms with Crippen molar-refractivity contribution in [3.63, 3.8) is 0 Å². The number of nitrogens with zero attached hydrogens (tertiary/aromatic N) is 1. The SMILES string of the molecule is O=C(O)C1CCC(NC(=O)N2CCCCC2)C1. The van der Waals surface area contributed by atoms with Crippen LogP contribution in [0.2, 0.25) is 0 Å². The van der Waals surface area contributed by atoms with Gasteiger partial charge in [-0.2, -0.15) is 0 Å². The van der Waals surface area contributed by atoms with E-state index in [0.717, 1.165) is 32.4 Å². The fourth-order valence-electron chi connectivity index (χ4n) is 2.70. The highest BCUT2D eigenvalue weighted by Crippen LogP contribution is 2.25. The molecule has 2 amide bonds. The molecule has 0 bridgehead atoms. The third kappa shape index (κ3) is 3.11. The Morgan fingerprint density at radius 1 is 1.12 bits per heavy atom. The summed E-state index contributed by atoms with van der Waals surface area (Å²) in [4.78, 5) is 24.6. The van der Waals surface area contributed by atoms with Crippen molar-refractivity contribution >= 4 is 12.0 Å². The van der Waals surface area contributed by atoms with Crippen LogP contribution >= 0.6 is 0 Å². The summed E-state index contributed by atoms with van der Waals surface area (Å²) < 4.78 is 0. The van der Waals surface area contributed by atoms with Gasteiger partial charge in [0.25, 0.3) is 0 Å². The number of carboxylic acid groups (broad SMARTS) is 1. The van der Waals surface area contributed by atoms with Crippen LogP contribution in [0.1, 0.15) is 38.5 Å². The third-order valence-corrected chi connectivity index (χ3v) is 3.75. The van der Waals surface area contributed by atoms with Crippen molar-refractivity contribution in [3.05, 3.63) is 0 Å². The lowest BCUT2D eigenvalue weighted by molar-refractivity contribution is -0.141. The van der Waals surface area contributed by atoms with Gasteiger partial charge in [0.2, 0.25) is 0 Å². The standard InChI is InChI=1S/C12H20N2O3/c15-11(16)9-4-5-10(8-9)13-12(17)14-6-2-1-3-7-14/h9-10H,1-8H2,(H,13,17)(H,15,16). The zero-order valence-electron chi connectivity index (χ0n) is 10.0.